The molecule has 0 aliphatic rings. The van der Waals surface area contributed by atoms with Gasteiger partial charge in [-0.15, -0.1) is 0 Å². The van der Waals surface area contributed by atoms with Crippen LogP contribution in [-0.2, 0) is 0 Å². The van der Waals surface area contributed by atoms with Crippen LogP contribution in [0.25, 0.3) is 0 Å². The fraction of sp³-hybridized carbons (Fsp3) is 0.188. The molecule has 0 aromatic heterocycles. The number of carbonyl (C=O) groups is 1. The lowest BCUT2D eigenvalue weighted by atomic mass is 10.1. The molecular formula is C16H16BrNO3. The molecule has 0 saturated carbocycles. The van der Waals surface area contributed by atoms with Gasteiger partial charge in [-0.25, -0.2) is 0 Å². The summed E-state index contributed by atoms with van der Waals surface area (Å²) in [6.45, 7) is 1.89. The quantitative estimate of drug-likeness (QED) is 0.888. The van der Waals surface area contributed by atoms with E-state index in [2.05, 4.69) is 15.9 Å². The third-order valence-electron chi connectivity index (χ3n) is 3.47. The second kappa shape index (κ2) is 6.18. The molecule has 1 atom stereocenters. The van der Waals surface area contributed by atoms with Crippen molar-refractivity contribution in [3.05, 3.63) is 58.1 Å². The molecule has 2 N–H and O–H groups in total. The molecule has 4 nitrogen and oxygen atoms in total. The first-order chi connectivity index (χ1) is 9.90. The molecule has 0 bridgehead atoms. The minimum Gasteiger partial charge on any atom is -0.508 e. The Bertz CT molecular complexity index is 655. The molecule has 0 aliphatic carbocycles. The van der Waals surface area contributed by atoms with Crippen LogP contribution >= 0.6 is 15.9 Å². The van der Waals surface area contributed by atoms with Crippen LogP contribution < -0.4 is 0 Å². The fourth-order valence-electron chi connectivity index (χ4n) is 2.03. The summed E-state index contributed by atoms with van der Waals surface area (Å²) in [6.07, 6.45) is 0. The van der Waals surface area contributed by atoms with Gasteiger partial charge in [-0.3, -0.25) is 4.79 Å². The van der Waals surface area contributed by atoms with E-state index in [1.165, 1.54) is 6.07 Å². The van der Waals surface area contributed by atoms with Crippen LogP contribution in [0.15, 0.2) is 46.9 Å². The van der Waals surface area contributed by atoms with E-state index in [9.17, 15) is 15.0 Å². The van der Waals surface area contributed by atoms with Gasteiger partial charge in [0, 0.05) is 11.5 Å². The molecule has 110 valence electrons. The highest BCUT2D eigenvalue weighted by atomic mass is 79.9. The van der Waals surface area contributed by atoms with Crippen molar-refractivity contribution in [3.8, 4) is 11.5 Å². The van der Waals surface area contributed by atoms with Crippen molar-refractivity contribution in [2.45, 2.75) is 13.0 Å². The van der Waals surface area contributed by atoms with Crippen molar-refractivity contribution in [2.24, 2.45) is 0 Å². The van der Waals surface area contributed by atoms with Gasteiger partial charge in [-0.2, -0.15) is 0 Å². The van der Waals surface area contributed by atoms with E-state index in [1.54, 1.807) is 48.3 Å². The summed E-state index contributed by atoms with van der Waals surface area (Å²) in [5.74, 6) is -0.134. The minimum absolute atomic E-state index is 0.0564. The number of aromatic hydroxyl groups is 2. The van der Waals surface area contributed by atoms with Gasteiger partial charge in [-0.05, 0) is 42.8 Å². The Morgan fingerprint density at radius 1 is 1.14 bits per heavy atom. The second-order valence-corrected chi connectivity index (χ2v) is 5.76. The molecule has 1 unspecified atom stereocenters. The van der Waals surface area contributed by atoms with Crippen LogP contribution in [0.2, 0.25) is 0 Å². The number of halogens is 1. The van der Waals surface area contributed by atoms with Crippen LogP contribution in [-0.4, -0.2) is 28.1 Å². The molecule has 0 heterocycles. The summed E-state index contributed by atoms with van der Waals surface area (Å²) in [4.78, 5) is 14.0. The van der Waals surface area contributed by atoms with E-state index in [0.29, 0.717) is 4.47 Å². The number of nitrogens with zero attached hydrogens (tertiary/aromatic N) is 1. The molecule has 5 heteroatoms. The number of benzene rings is 2. The van der Waals surface area contributed by atoms with E-state index in [1.807, 2.05) is 6.92 Å². The van der Waals surface area contributed by atoms with Gasteiger partial charge >= 0.3 is 0 Å². The highest BCUT2D eigenvalue weighted by Gasteiger charge is 2.21. The van der Waals surface area contributed by atoms with Crippen LogP contribution in [0.1, 0.15) is 28.9 Å². The first-order valence-corrected chi connectivity index (χ1v) is 7.24. The molecule has 0 fully saturated rings. The zero-order valence-corrected chi connectivity index (χ0v) is 13.3. The first kappa shape index (κ1) is 15.4. The largest absolute Gasteiger partial charge is 0.508 e. The maximum absolute atomic E-state index is 12.5. The lowest BCUT2D eigenvalue weighted by Gasteiger charge is -2.25. The number of rotatable bonds is 3. The summed E-state index contributed by atoms with van der Waals surface area (Å²) in [5.41, 5.74) is 1.16. The van der Waals surface area contributed by atoms with Crippen molar-refractivity contribution < 1.29 is 15.0 Å². The zero-order valence-electron chi connectivity index (χ0n) is 11.7. The molecular weight excluding hydrogens is 334 g/mol. The van der Waals surface area contributed by atoms with Gasteiger partial charge in [0.1, 0.15) is 11.5 Å². The van der Waals surface area contributed by atoms with Gasteiger partial charge in [0.15, 0.2) is 0 Å². The number of amides is 1. The van der Waals surface area contributed by atoms with E-state index >= 15 is 0 Å². The van der Waals surface area contributed by atoms with Crippen molar-refractivity contribution in [2.75, 3.05) is 7.05 Å². The summed E-state index contributed by atoms with van der Waals surface area (Å²) in [7, 11) is 1.68. The van der Waals surface area contributed by atoms with E-state index < -0.39 is 0 Å². The molecule has 2 aromatic carbocycles. The Morgan fingerprint density at radius 2 is 1.76 bits per heavy atom. The third kappa shape index (κ3) is 3.36. The summed E-state index contributed by atoms with van der Waals surface area (Å²) in [6, 6.07) is 11.3. The topological polar surface area (TPSA) is 60.8 Å². The molecule has 2 aromatic rings. The summed E-state index contributed by atoms with van der Waals surface area (Å²) < 4.78 is 0.714. The molecule has 21 heavy (non-hydrogen) atoms. The third-order valence-corrected chi connectivity index (χ3v) is 3.96. The zero-order chi connectivity index (χ0) is 15.6. The van der Waals surface area contributed by atoms with Gasteiger partial charge in [0.05, 0.1) is 11.6 Å². The highest BCUT2D eigenvalue weighted by Crippen LogP contribution is 2.27. The molecule has 0 radical (unpaired) electrons. The minimum atomic E-state index is -0.263. The van der Waals surface area contributed by atoms with Gasteiger partial charge in [-0.1, -0.05) is 28.1 Å². The van der Waals surface area contributed by atoms with Gasteiger partial charge in [0.25, 0.3) is 5.91 Å². The number of phenolic OH excluding ortho intramolecular Hbond substituents is 2. The van der Waals surface area contributed by atoms with Crippen LogP contribution in [0, 0.1) is 0 Å². The standard InChI is InChI=1S/C16H16BrNO3/c1-10(11-3-6-13(19)7-4-11)18(2)16(21)14-8-5-12(17)9-15(14)20/h3-10,19-20H,1-2H3. The Morgan fingerprint density at radius 3 is 2.33 bits per heavy atom. The van der Waals surface area contributed by atoms with Crippen LogP contribution in [0.5, 0.6) is 11.5 Å². The van der Waals surface area contributed by atoms with Gasteiger partial charge < -0.3 is 15.1 Å². The predicted molar refractivity (Wildman–Crippen MR) is 84.4 cm³/mol. The predicted octanol–water partition coefficient (Wildman–Crippen LogP) is 3.69. The van der Waals surface area contributed by atoms with E-state index in [4.69, 9.17) is 0 Å². The molecule has 2 rings (SSSR count). The molecule has 1 amide bonds. The Hall–Kier alpha value is -2.01. The maximum atomic E-state index is 12.5. The Labute approximate surface area is 131 Å². The SMILES string of the molecule is CC(c1ccc(O)cc1)N(C)C(=O)c1ccc(Br)cc1O. The average Bonchev–Trinajstić information content (AvgIpc) is 2.46. The van der Waals surface area contributed by atoms with Crippen molar-refractivity contribution >= 4 is 21.8 Å². The Kier molecular flexibility index (Phi) is 4.53. The van der Waals surface area contributed by atoms with Crippen molar-refractivity contribution in [1.82, 2.24) is 4.90 Å². The smallest absolute Gasteiger partial charge is 0.257 e. The molecule has 0 spiro atoms. The summed E-state index contributed by atoms with van der Waals surface area (Å²) >= 11 is 3.25. The molecule has 0 saturated heterocycles. The number of carbonyl (C=O) groups excluding carboxylic acids is 1. The molecule has 0 aliphatic heterocycles. The van der Waals surface area contributed by atoms with Crippen LogP contribution in [0.4, 0.5) is 0 Å². The first-order valence-electron chi connectivity index (χ1n) is 6.44. The van der Waals surface area contributed by atoms with Crippen molar-refractivity contribution in [3.63, 3.8) is 0 Å². The summed E-state index contributed by atoms with van der Waals surface area (Å²) in [5, 5.41) is 19.2. The van der Waals surface area contributed by atoms with Gasteiger partial charge in [0.2, 0.25) is 0 Å². The van der Waals surface area contributed by atoms with E-state index in [0.717, 1.165) is 5.56 Å². The lowest BCUT2D eigenvalue weighted by Crippen LogP contribution is -2.29. The van der Waals surface area contributed by atoms with Crippen molar-refractivity contribution in [1.29, 1.82) is 0 Å². The number of phenols is 2. The van der Waals surface area contributed by atoms with E-state index in [-0.39, 0.29) is 29.0 Å². The maximum Gasteiger partial charge on any atom is 0.257 e. The Balaban J connectivity index is 2.24. The number of hydrogen-bond donors (Lipinski definition) is 2. The lowest BCUT2D eigenvalue weighted by molar-refractivity contribution is 0.0739. The highest BCUT2D eigenvalue weighted by molar-refractivity contribution is 9.10. The average molecular weight is 350 g/mol. The number of hydrogen-bond acceptors (Lipinski definition) is 3. The monoisotopic (exact) mass is 349 g/mol. The normalized spacial score (nSPS) is 12.0. The fourth-order valence-corrected chi connectivity index (χ4v) is 2.38. The second-order valence-electron chi connectivity index (χ2n) is 4.85. The van der Waals surface area contributed by atoms with Crippen LogP contribution in [0.3, 0.4) is 0 Å².